The maximum absolute atomic E-state index is 11.7. The number of nitrogens with one attached hydrogen (secondary N) is 4. The Labute approximate surface area is 185 Å². The number of hydrogen-bond acceptors (Lipinski definition) is 9. The van der Waals surface area contributed by atoms with Crippen LogP contribution in [0.3, 0.4) is 0 Å². The number of urea groups is 2. The third kappa shape index (κ3) is 7.80. The lowest BCUT2D eigenvalue weighted by atomic mass is 9.99. The van der Waals surface area contributed by atoms with Crippen molar-refractivity contribution in [3.63, 3.8) is 0 Å². The van der Waals surface area contributed by atoms with Gasteiger partial charge in [0.05, 0.1) is 6.26 Å². The molecule has 1 aromatic rings. The van der Waals surface area contributed by atoms with E-state index in [4.69, 9.17) is 9.47 Å². The van der Waals surface area contributed by atoms with Gasteiger partial charge in [0, 0.05) is 18.3 Å². The molecule has 2 rings (SSSR count). The van der Waals surface area contributed by atoms with Crippen LogP contribution in [0.4, 0.5) is 15.3 Å². The van der Waals surface area contributed by atoms with Crippen LogP contribution in [0, 0.1) is 0 Å². The van der Waals surface area contributed by atoms with Crippen LogP contribution in [0.25, 0.3) is 0 Å². The molecule has 0 spiro atoms. The summed E-state index contributed by atoms with van der Waals surface area (Å²) in [4.78, 5) is 23.3. The lowest BCUT2D eigenvalue weighted by Gasteiger charge is -2.40. The van der Waals surface area contributed by atoms with Gasteiger partial charge in [-0.05, 0) is 38.1 Å². The molecule has 32 heavy (non-hydrogen) atoms. The van der Waals surface area contributed by atoms with Gasteiger partial charge in [-0.15, -0.1) is 0 Å². The number of aliphatic hydroxyl groups is 3. The molecule has 13 nitrogen and oxygen atoms in total. The molecule has 0 saturated carbocycles. The van der Waals surface area contributed by atoms with Gasteiger partial charge in [-0.3, -0.25) is 0 Å². The van der Waals surface area contributed by atoms with Crippen LogP contribution in [-0.4, -0.2) is 85.3 Å². The molecular weight excluding hydrogens is 448 g/mol. The molecule has 0 aromatic heterocycles. The van der Waals surface area contributed by atoms with Crippen molar-refractivity contribution in [2.24, 2.45) is 0 Å². The normalized spacial score (nSPS) is 25.7. The Balaban J connectivity index is 1.98. The van der Waals surface area contributed by atoms with Crippen LogP contribution < -0.4 is 25.4 Å². The van der Waals surface area contributed by atoms with Crippen molar-refractivity contribution in [3.8, 4) is 5.75 Å². The highest BCUT2D eigenvalue weighted by molar-refractivity contribution is 7.89. The minimum absolute atomic E-state index is 0.0378. The summed E-state index contributed by atoms with van der Waals surface area (Å²) >= 11 is 0. The third-order valence-electron chi connectivity index (χ3n) is 4.19. The zero-order valence-electron chi connectivity index (χ0n) is 17.7. The summed E-state index contributed by atoms with van der Waals surface area (Å²) in [6.45, 7) is 3.26. The molecule has 1 heterocycles. The highest BCUT2D eigenvalue weighted by atomic mass is 32.2. The van der Waals surface area contributed by atoms with Gasteiger partial charge >= 0.3 is 12.1 Å². The monoisotopic (exact) mass is 476 g/mol. The fraction of sp³-hybridized carbons (Fsp3) is 0.556. The summed E-state index contributed by atoms with van der Waals surface area (Å²) in [7, 11) is -3.79. The summed E-state index contributed by atoms with van der Waals surface area (Å²) < 4.78 is 34.8. The molecule has 0 radical (unpaired) electrons. The molecule has 1 aromatic carbocycles. The topological polar surface area (TPSA) is 196 Å². The molecule has 180 valence electrons. The van der Waals surface area contributed by atoms with Crippen molar-refractivity contribution in [1.29, 1.82) is 0 Å². The number of amides is 4. The highest BCUT2D eigenvalue weighted by Gasteiger charge is 2.45. The quantitative estimate of drug-likeness (QED) is 0.249. The number of sulfonamides is 1. The maximum Gasteiger partial charge on any atom is 0.328 e. The Morgan fingerprint density at radius 2 is 1.69 bits per heavy atom. The van der Waals surface area contributed by atoms with E-state index in [2.05, 4.69) is 16.0 Å². The van der Waals surface area contributed by atoms with Crippen molar-refractivity contribution in [2.75, 3.05) is 18.1 Å². The molecule has 0 aliphatic carbocycles. The standard InChI is InChI=1S/C18H28N4O9S/c1-9(2)20-18(27)21-10-4-6-11(7-5-10)30-16-15(25)14(24)13(23)12(31-16)8-19-17(26)22-32(3,28)29/h4-7,9,12-16,23-25H,8H2,1-3H3,(H2,19,22,26)(H2,20,21,27)/t12-,13-,14+,15+,16+/m1/s1. The van der Waals surface area contributed by atoms with Crippen LogP contribution in [-0.2, 0) is 14.8 Å². The summed E-state index contributed by atoms with van der Waals surface area (Å²) in [6.07, 6.45) is -6.65. The van der Waals surface area contributed by atoms with Crippen LogP contribution in [0.1, 0.15) is 13.8 Å². The first-order valence-electron chi connectivity index (χ1n) is 9.65. The number of ether oxygens (including phenoxy) is 2. The van der Waals surface area contributed by atoms with Crippen LogP contribution in [0.2, 0.25) is 0 Å². The van der Waals surface area contributed by atoms with E-state index in [1.165, 1.54) is 12.1 Å². The van der Waals surface area contributed by atoms with E-state index in [0.717, 1.165) is 6.26 Å². The molecule has 1 saturated heterocycles. The number of aliphatic hydroxyl groups excluding tert-OH is 3. The Morgan fingerprint density at radius 3 is 2.25 bits per heavy atom. The van der Waals surface area contributed by atoms with Crippen LogP contribution >= 0.6 is 0 Å². The molecule has 0 bridgehead atoms. The van der Waals surface area contributed by atoms with E-state index >= 15 is 0 Å². The average Bonchev–Trinajstić information content (AvgIpc) is 2.67. The molecule has 7 N–H and O–H groups in total. The third-order valence-corrected chi connectivity index (χ3v) is 4.75. The first-order chi connectivity index (χ1) is 14.9. The first-order valence-corrected chi connectivity index (χ1v) is 11.5. The zero-order chi connectivity index (χ0) is 24.1. The number of hydrogen-bond donors (Lipinski definition) is 7. The second-order valence-corrected chi connectivity index (χ2v) is 9.24. The predicted molar refractivity (Wildman–Crippen MR) is 112 cm³/mol. The van der Waals surface area contributed by atoms with Gasteiger partial charge in [-0.25, -0.2) is 22.7 Å². The zero-order valence-corrected chi connectivity index (χ0v) is 18.5. The molecular formula is C18H28N4O9S. The van der Waals surface area contributed by atoms with Crippen LogP contribution in [0.5, 0.6) is 5.75 Å². The summed E-state index contributed by atoms with van der Waals surface area (Å²) in [5.74, 6) is 0.231. The molecule has 14 heteroatoms. The number of anilines is 1. The summed E-state index contributed by atoms with van der Waals surface area (Å²) in [5, 5.41) is 37.8. The van der Waals surface area contributed by atoms with E-state index in [1.807, 2.05) is 13.8 Å². The Hall–Kier alpha value is -2.65. The van der Waals surface area contributed by atoms with Gasteiger partial charge in [0.25, 0.3) is 0 Å². The van der Waals surface area contributed by atoms with Crippen molar-refractivity contribution < 1.29 is 42.8 Å². The van der Waals surface area contributed by atoms with Gasteiger partial charge in [-0.2, -0.15) is 0 Å². The molecule has 0 unspecified atom stereocenters. The summed E-state index contributed by atoms with van der Waals surface area (Å²) in [5.41, 5.74) is 0.482. The van der Waals surface area contributed by atoms with Gasteiger partial charge in [0.2, 0.25) is 16.3 Å². The van der Waals surface area contributed by atoms with Gasteiger partial charge in [0.15, 0.2) is 0 Å². The SMILES string of the molecule is CC(C)NC(=O)Nc1ccc(O[C@H]2O[C@H](CNC(=O)NS(C)(=O)=O)[C@@H](O)[C@H](O)[C@@H]2O)cc1. The molecule has 4 amide bonds. The van der Waals surface area contributed by atoms with Gasteiger partial charge in [0.1, 0.15) is 30.2 Å². The van der Waals surface area contributed by atoms with Crippen molar-refractivity contribution in [1.82, 2.24) is 15.4 Å². The molecule has 1 aliphatic rings. The van der Waals surface area contributed by atoms with E-state index in [0.29, 0.717) is 5.69 Å². The lowest BCUT2D eigenvalue weighted by Crippen LogP contribution is -2.61. The first kappa shape index (κ1) is 25.6. The second-order valence-electron chi connectivity index (χ2n) is 7.49. The second kappa shape index (κ2) is 10.8. The van der Waals surface area contributed by atoms with Crippen LogP contribution in [0.15, 0.2) is 24.3 Å². The Morgan fingerprint density at radius 1 is 1.06 bits per heavy atom. The summed E-state index contributed by atoms with van der Waals surface area (Å²) in [6, 6.07) is 4.60. The van der Waals surface area contributed by atoms with Crippen molar-refractivity contribution >= 4 is 27.8 Å². The Kier molecular flexibility index (Phi) is 8.63. The Bertz CT molecular complexity index is 894. The predicted octanol–water partition coefficient (Wildman–Crippen LogP) is -1.34. The fourth-order valence-electron chi connectivity index (χ4n) is 2.76. The lowest BCUT2D eigenvalue weighted by molar-refractivity contribution is -0.270. The highest BCUT2D eigenvalue weighted by Crippen LogP contribution is 2.25. The minimum atomic E-state index is -3.79. The van der Waals surface area contributed by atoms with E-state index < -0.39 is 46.8 Å². The number of rotatable bonds is 7. The molecule has 5 atom stereocenters. The minimum Gasteiger partial charge on any atom is -0.462 e. The van der Waals surface area contributed by atoms with Gasteiger partial charge in [-0.1, -0.05) is 0 Å². The number of carbonyl (C=O) groups is 2. The molecule has 1 aliphatic heterocycles. The number of carbonyl (C=O) groups excluding carboxylic acids is 2. The van der Waals surface area contributed by atoms with E-state index in [9.17, 15) is 33.3 Å². The van der Waals surface area contributed by atoms with E-state index in [1.54, 1.807) is 16.9 Å². The number of benzene rings is 1. The largest absolute Gasteiger partial charge is 0.462 e. The fourth-order valence-corrected chi connectivity index (χ4v) is 3.17. The van der Waals surface area contributed by atoms with E-state index in [-0.39, 0.29) is 24.4 Å². The maximum atomic E-state index is 11.7. The van der Waals surface area contributed by atoms with Crippen molar-refractivity contribution in [3.05, 3.63) is 24.3 Å². The average molecular weight is 477 g/mol. The van der Waals surface area contributed by atoms with Crippen molar-refractivity contribution in [2.45, 2.75) is 50.6 Å². The smallest absolute Gasteiger partial charge is 0.328 e. The molecule has 1 fully saturated rings. The van der Waals surface area contributed by atoms with Gasteiger partial charge < -0.3 is 40.7 Å².